The topological polar surface area (TPSA) is 65.3 Å². The smallest absolute Gasteiger partial charge is 0.0991 e. The lowest BCUT2D eigenvalue weighted by Gasteiger charge is -2.37. The van der Waals surface area contributed by atoms with Crippen LogP contribution in [0.4, 0.5) is 5.69 Å². The third-order valence-electron chi connectivity index (χ3n) is 3.18. The van der Waals surface area contributed by atoms with Crippen molar-refractivity contribution in [1.29, 1.82) is 5.26 Å². The minimum absolute atomic E-state index is 0.0936. The highest BCUT2D eigenvalue weighted by Crippen LogP contribution is 2.25. The SMILES string of the molecule is N#Cc1ccc(NC2(CO)CCOCC2)cc1. The quantitative estimate of drug-likeness (QED) is 0.829. The average Bonchev–Trinajstić information content (AvgIpc) is 2.41. The first-order valence-electron chi connectivity index (χ1n) is 5.75. The number of anilines is 1. The molecule has 1 aromatic rings. The van der Waals surface area contributed by atoms with Crippen molar-refractivity contribution in [3.63, 3.8) is 0 Å². The van der Waals surface area contributed by atoms with Crippen LogP contribution >= 0.6 is 0 Å². The van der Waals surface area contributed by atoms with Crippen molar-refractivity contribution < 1.29 is 9.84 Å². The molecule has 1 fully saturated rings. The second-order valence-corrected chi connectivity index (χ2v) is 4.36. The Kier molecular flexibility index (Phi) is 3.62. The number of aliphatic hydroxyl groups is 1. The predicted molar refractivity (Wildman–Crippen MR) is 64.6 cm³/mol. The van der Waals surface area contributed by atoms with Gasteiger partial charge in [-0.05, 0) is 37.1 Å². The number of benzene rings is 1. The summed E-state index contributed by atoms with van der Waals surface area (Å²) in [4.78, 5) is 0. The number of hydrogen-bond acceptors (Lipinski definition) is 4. The summed E-state index contributed by atoms with van der Waals surface area (Å²) < 4.78 is 5.31. The van der Waals surface area contributed by atoms with Crippen molar-refractivity contribution in [3.05, 3.63) is 29.8 Å². The van der Waals surface area contributed by atoms with Gasteiger partial charge in [0, 0.05) is 18.9 Å². The Morgan fingerprint density at radius 2 is 1.94 bits per heavy atom. The first kappa shape index (κ1) is 11.9. The molecular weight excluding hydrogens is 216 g/mol. The van der Waals surface area contributed by atoms with Gasteiger partial charge in [-0.2, -0.15) is 5.26 Å². The molecule has 0 amide bonds. The van der Waals surface area contributed by atoms with Crippen LogP contribution in [0.1, 0.15) is 18.4 Å². The maximum Gasteiger partial charge on any atom is 0.0991 e. The highest BCUT2D eigenvalue weighted by molar-refractivity contribution is 5.49. The Hall–Kier alpha value is -1.57. The van der Waals surface area contributed by atoms with E-state index in [0.29, 0.717) is 18.8 Å². The minimum Gasteiger partial charge on any atom is -0.394 e. The van der Waals surface area contributed by atoms with Crippen LogP contribution in [-0.4, -0.2) is 30.5 Å². The zero-order valence-corrected chi connectivity index (χ0v) is 9.65. The third-order valence-corrected chi connectivity index (χ3v) is 3.18. The predicted octanol–water partition coefficient (Wildman–Crippen LogP) is 1.51. The third kappa shape index (κ3) is 2.76. The Bertz CT molecular complexity index is 402. The molecule has 0 spiro atoms. The van der Waals surface area contributed by atoms with Crippen LogP contribution in [0, 0.1) is 11.3 Å². The maximum absolute atomic E-state index is 9.53. The molecular formula is C13H16N2O2. The summed E-state index contributed by atoms with van der Waals surface area (Å²) in [6.07, 6.45) is 1.59. The zero-order chi connectivity index (χ0) is 12.1. The normalized spacial score (nSPS) is 18.4. The number of nitrogens with one attached hydrogen (secondary N) is 1. The standard InChI is InChI=1S/C13H16N2O2/c14-9-11-1-3-12(4-2-11)15-13(10-16)5-7-17-8-6-13/h1-4,15-16H,5-8,10H2. The van der Waals surface area contributed by atoms with Gasteiger partial charge in [0.25, 0.3) is 0 Å². The second kappa shape index (κ2) is 5.17. The van der Waals surface area contributed by atoms with Crippen molar-refractivity contribution in [2.24, 2.45) is 0 Å². The van der Waals surface area contributed by atoms with E-state index in [1.807, 2.05) is 12.1 Å². The summed E-state index contributed by atoms with van der Waals surface area (Å²) in [5.41, 5.74) is 1.28. The maximum atomic E-state index is 9.53. The Morgan fingerprint density at radius 1 is 1.29 bits per heavy atom. The molecule has 0 atom stereocenters. The van der Waals surface area contributed by atoms with Crippen molar-refractivity contribution >= 4 is 5.69 Å². The van der Waals surface area contributed by atoms with Gasteiger partial charge in [0.2, 0.25) is 0 Å². The molecule has 4 nitrogen and oxygen atoms in total. The Labute approximate surface area is 101 Å². The van der Waals surface area contributed by atoms with Crippen LogP contribution in [0.3, 0.4) is 0 Å². The molecule has 0 saturated carbocycles. The molecule has 1 saturated heterocycles. The largest absolute Gasteiger partial charge is 0.394 e. The van der Waals surface area contributed by atoms with Crippen molar-refractivity contribution in [2.75, 3.05) is 25.1 Å². The van der Waals surface area contributed by atoms with Crippen LogP contribution in [-0.2, 0) is 4.74 Å². The molecule has 1 aromatic carbocycles. The fraction of sp³-hybridized carbons (Fsp3) is 0.462. The van der Waals surface area contributed by atoms with E-state index in [4.69, 9.17) is 10.00 Å². The van der Waals surface area contributed by atoms with Crippen molar-refractivity contribution in [2.45, 2.75) is 18.4 Å². The summed E-state index contributed by atoms with van der Waals surface area (Å²) in [7, 11) is 0. The van der Waals surface area contributed by atoms with E-state index in [1.165, 1.54) is 0 Å². The summed E-state index contributed by atoms with van der Waals surface area (Å²) in [5, 5.41) is 21.6. The molecule has 90 valence electrons. The zero-order valence-electron chi connectivity index (χ0n) is 9.65. The highest BCUT2D eigenvalue weighted by Gasteiger charge is 2.31. The van der Waals surface area contributed by atoms with E-state index in [0.717, 1.165) is 18.5 Å². The van der Waals surface area contributed by atoms with E-state index < -0.39 is 0 Å². The summed E-state index contributed by atoms with van der Waals surface area (Å²) in [6, 6.07) is 9.36. The number of nitriles is 1. The summed E-state index contributed by atoms with van der Waals surface area (Å²) in [5.74, 6) is 0. The molecule has 0 aromatic heterocycles. The number of aliphatic hydroxyl groups excluding tert-OH is 1. The lowest BCUT2D eigenvalue weighted by atomic mass is 9.90. The fourth-order valence-corrected chi connectivity index (χ4v) is 2.02. The average molecular weight is 232 g/mol. The van der Waals surface area contributed by atoms with Gasteiger partial charge in [-0.3, -0.25) is 0 Å². The van der Waals surface area contributed by atoms with E-state index >= 15 is 0 Å². The van der Waals surface area contributed by atoms with Gasteiger partial charge < -0.3 is 15.2 Å². The minimum atomic E-state index is -0.285. The molecule has 1 aliphatic rings. The van der Waals surface area contributed by atoms with Crippen LogP contribution < -0.4 is 5.32 Å². The van der Waals surface area contributed by atoms with Crippen LogP contribution in [0.15, 0.2) is 24.3 Å². The molecule has 0 radical (unpaired) electrons. The van der Waals surface area contributed by atoms with E-state index in [-0.39, 0.29) is 12.1 Å². The molecule has 4 heteroatoms. The van der Waals surface area contributed by atoms with Crippen LogP contribution in [0.2, 0.25) is 0 Å². The highest BCUT2D eigenvalue weighted by atomic mass is 16.5. The van der Waals surface area contributed by atoms with Gasteiger partial charge in [0.05, 0.1) is 23.8 Å². The summed E-state index contributed by atoms with van der Waals surface area (Å²) >= 11 is 0. The fourth-order valence-electron chi connectivity index (χ4n) is 2.02. The van der Waals surface area contributed by atoms with E-state index in [9.17, 15) is 5.11 Å². The number of hydrogen-bond donors (Lipinski definition) is 2. The Balaban J connectivity index is 2.09. The molecule has 0 unspecified atom stereocenters. The van der Waals surface area contributed by atoms with Gasteiger partial charge in [-0.15, -0.1) is 0 Å². The summed E-state index contributed by atoms with van der Waals surface area (Å²) in [6.45, 7) is 1.43. The molecule has 1 heterocycles. The van der Waals surface area contributed by atoms with Crippen molar-refractivity contribution in [1.82, 2.24) is 0 Å². The number of nitrogens with zero attached hydrogens (tertiary/aromatic N) is 1. The molecule has 0 aliphatic carbocycles. The van der Waals surface area contributed by atoms with Gasteiger partial charge in [-0.25, -0.2) is 0 Å². The van der Waals surface area contributed by atoms with E-state index in [2.05, 4.69) is 11.4 Å². The number of rotatable bonds is 3. The number of ether oxygens (including phenoxy) is 1. The first-order valence-corrected chi connectivity index (χ1v) is 5.75. The molecule has 2 N–H and O–H groups in total. The molecule has 1 aliphatic heterocycles. The first-order chi connectivity index (χ1) is 8.28. The van der Waals surface area contributed by atoms with Crippen LogP contribution in [0.5, 0.6) is 0 Å². The van der Waals surface area contributed by atoms with Gasteiger partial charge in [0.1, 0.15) is 0 Å². The van der Waals surface area contributed by atoms with E-state index in [1.54, 1.807) is 12.1 Å². The lowest BCUT2D eigenvalue weighted by Crippen LogP contribution is -2.46. The Morgan fingerprint density at radius 3 is 2.47 bits per heavy atom. The van der Waals surface area contributed by atoms with Crippen molar-refractivity contribution in [3.8, 4) is 6.07 Å². The van der Waals surface area contributed by atoms with Gasteiger partial charge in [0.15, 0.2) is 0 Å². The molecule has 2 rings (SSSR count). The molecule has 0 bridgehead atoms. The lowest BCUT2D eigenvalue weighted by molar-refractivity contribution is 0.0380. The monoisotopic (exact) mass is 232 g/mol. The van der Waals surface area contributed by atoms with Gasteiger partial charge in [-0.1, -0.05) is 0 Å². The molecule has 17 heavy (non-hydrogen) atoms. The second-order valence-electron chi connectivity index (χ2n) is 4.36. The van der Waals surface area contributed by atoms with Crippen LogP contribution in [0.25, 0.3) is 0 Å². The van der Waals surface area contributed by atoms with Gasteiger partial charge >= 0.3 is 0 Å².